The molecule has 0 saturated heterocycles. The minimum absolute atomic E-state index is 0.193. The van der Waals surface area contributed by atoms with Crippen LogP contribution >= 0.6 is 0 Å². The zero-order valence-corrected chi connectivity index (χ0v) is 10.4. The molecule has 0 aliphatic heterocycles. The standard InChI is InChI=1S/C12H21N3O/c1-4-8-13-9-11-6-7-12(15-14-11)16-10(3)5-2/h6-7,10,13H,4-5,8-9H2,1-3H3. The molecule has 1 rings (SSSR count). The van der Waals surface area contributed by atoms with E-state index >= 15 is 0 Å². The fourth-order valence-electron chi connectivity index (χ4n) is 1.19. The first-order valence-corrected chi connectivity index (χ1v) is 5.96. The molecular formula is C12H21N3O. The molecule has 0 aromatic carbocycles. The Morgan fingerprint density at radius 1 is 1.31 bits per heavy atom. The number of rotatable bonds is 7. The molecule has 1 atom stereocenters. The number of hydrogen-bond donors (Lipinski definition) is 1. The normalized spacial score (nSPS) is 12.4. The predicted molar refractivity (Wildman–Crippen MR) is 64.4 cm³/mol. The lowest BCUT2D eigenvalue weighted by Crippen LogP contribution is -2.16. The number of nitrogens with one attached hydrogen (secondary N) is 1. The van der Waals surface area contributed by atoms with Crippen molar-refractivity contribution in [1.82, 2.24) is 15.5 Å². The Kier molecular flexibility index (Phi) is 5.78. The highest BCUT2D eigenvalue weighted by Crippen LogP contribution is 2.08. The topological polar surface area (TPSA) is 47.0 Å². The predicted octanol–water partition coefficient (Wildman–Crippen LogP) is 2.15. The number of nitrogens with zero attached hydrogens (tertiary/aromatic N) is 2. The monoisotopic (exact) mass is 223 g/mol. The molecule has 1 unspecified atom stereocenters. The van der Waals surface area contributed by atoms with Gasteiger partial charge in [-0.25, -0.2) is 0 Å². The lowest BCUT2D eigenvalue weighted by Gasteiger charge is -2.10. The van der Waals surface area contributed by atoms with Crippen molar-refractivity contribution in [3.8, 4) is 5.88 Å². The lowest BCUT2D eigenvalue weighted by atomic mass is 10.3. The number of hydrogen-bond acceptors (Lipinski definition) is 4. The van der Waals surface area contributed by atoms with Crippen molar-refractivity contribution in [2.45, 2.75) is 46.3 Å². The minimum Gasteiger partial charge on any atom is -0.474 e. The van der Waals surface area contributed by atoms with E-state index in [2.05, 4.69) is 29.4 Å². The average Bonchev–Trinajstić information content (AvgIpc) is 2.31. The molecule has 90 valence electrons. The quantitative estimate of drug-likeness (QED) is 0.719. The van der Waals surface area contributed by atoms with E-state index in [0.717, 1.165) is 31.6 Å². The van der Waals surface area contributed by atoms with E-state index in [4.69, 9.17) is 4.74 Å². The molecular weight excluding hydrogens is 202 g/mol. The van der Waals surface area contributed by atoms with Crippen LogP contribution in [0.3, 0.4) is 0 Å². The van der Waals surface area contributed by atoms with E-state index in [0.29, 0.717) is 5.88 Å². The van der Waals surface area contributed by atoms with Crippen molar-refractivity contribution in [2.24, 2.45) is 0 Å². The maximum absolute atomic E-state index is 5.55. The molecule has 1 aromatic heterocycles. The van der Waals surface area contributed by atoms with Crippen LogP contribution in [0.4, 0.5) is 0 Å². The first kappa shape index (κ1) is 12.9. The third kappa shape index (κ3) is 4.57. The highest BCUT2D eigenvalue weighted by molar-refractivity contribution is 5.11. The average molecular weight is 223 g/mol. The molecule has 1 heterocycles. The third-order valence-electron chi connectivity index (χ3n) is 2.33. The Labute approximate surface area is 97.4 Å². The second-order valence-electron chi connectivity index (χ2n) is 3.88. The van der Waals surface area contributed by atoms with Gasteiger partial charge in [0, 0.05) is 12.6 Å². The maximum Gasteiger partial charge on any atom is 0.233 e. The van der Waals surface area contributed by atoms with Gasteiger partial charge in [-0.3, -0.25) is 0 Å². The summed E-state index contributed by atoms with van der Waals surface area (Å²) in [7, 11) is 0. The lowest BCUT2D eigenvalue weighted by molar-refractivity contribution is 0.206. The summed E-state index contributed by atoms with van der Waals surface area (Å²) in [5.74, 6) is 0.605. The molecule has 0 radical (unpaired) electrons. The van der Waals surface area contributed by atoms with Crippen molar-refractivity contribution < 1.29 is 4.74 Å². The van der Waals surface area contributed by atoms with Gasteiger partial charge in [-0.05, 0) is 32.4 Å². The summed E-state index contributed by atoms with van der Waals surface area (Å²) in [4.78, 5) is 0. The van der Waals surface area contributed by atoms with Gasteiger partial charge in [-0.15, -0.1) is 5.10 Å². The van der Waals surface area contributed by atoms with E-state index in [-0.39, 0.29) is 6.10 Å². The van der Waals surface area contributed by atoms with Gasteiger partial charge < -0.3 is 10.1 Å². The van der Waals surface area contributed by atoms with E-state index < -0.39 is 0 Å². The highest BCUT2D eigenvalue weighted by atomic mass is 16.5. The van der Waals surface area contributed by atoms with Crippen LogP contribution in [-0.2, 0) is 6.54 Å². The van der Waals surface area contributed by atoms with Gasteiger partial charge in [0.2, 0.25) is 5.88 Å². The fourth-order valence-corrected chi connectivity index (χ4v) is 1.19. The van der Waals surface area contributed by atoms with Gasteiger partial charge in [-0.1, -0.05) is 13.8 Å². The Hall–Kier alpha value is -1.16. The second-order valence-corrected chi connectivity index (χ2v) is 3.88. The van der Waals surface area contributed by atoms with Crippen molar-refractivity contribution in [3.05, 3.63) is 17.8 Å². The molecule has 0 aliphatic rings. The van der Waals surface area contributed by atoms with Crippen LogP contribution in [0.5, 0.6) is 5.88 Å². The second kappa shape index (κ2) is 7.17. The molecule has 0 spiro atoms. The van der Waals surface area contributed by atoms with Gasteiger partial charge in [0.15, 0.2) is 0 Å². The van der Waals surface area contributed by atoms with Crippen LogP contribution in [0.2, 0.25) is 0 Å². The van der Waals surface area contributed by atoms with Crippen molar-refractivity contribution in [3.63, 3.8) is 0 Å². The highest BCUT2D eigenvalue weighted by Gasteiger charge is 2.02. The van der Waals surface area contributed by atoms with E-state index in [1.54, 1.807) is 0 Å². The molecule has 1 N–H and O–H groups in total. The molecule has 0 aliphatic carbocycles. The first-order chi connectivity index (χ1) is 7.76. The molecule has 0 amide bonds. The summed E-state index contributed by atoms with van der Waals surface area (Å²) in [6, 6.07) is 3.83. The molecule has 0 fully saturated rings. The van der Waals surface area contributed by atoms with Gasteiger partial charge in [-0.2, -0.15) is 5.10 Å². The van der Waals surface area contributed by atoms with Gasteiger partial charge in [0.05, 0.1) is 11.8 Å². The SMILES string of the molecule is CCCNCc1ccc(OC(C)CC)nn1. The Morgan fingerprint density at radius 3 is 2.69 bits per heavy atom. The first-order valence-electron chi connectivity index (χ1n) is 5.96. The largest absolute Gasteiger partial charge is 0.474 e. The summed E-state index contributed by atoms with van der Waals surface area (Å²) < 4.78 is 5.55. The Bertz CT molecular complexity index is 287. The van der Waals surface area contributed by atoms with E-state index in [1.165, 1.54) is 0 Å². The molecule has 16 heavy (non-hydrogen) atoms. The smallest absolute Gasteiger partial charge is 0.233 e. The summed E-state index contributed by atoms with van der Waals surface area (Å²) in [5.41, 5.74) is 0.949. The molecule has 0 bridgehead atoms. The summed E-state index contributed by atoms with van der Waals surface area (Å²) in [5, 5.41) is 11.4. The molecule has 0 saturated carbocycles. The van der Waals surface area contributed by atoms with Crippen molar-refractivity contribution in [1.29, 1.82) is 0 Å². The van der Waals surface area contributed by atoms with Crippen LogP contribution in [0.15, 0.2) is 12.1 Å². The molecule has 1 aromatic rings. The maximum atomic E-state index is 5.55. The summed E-state index contributed by atoms with van der Waals surface area (Å²) in [6.07, 6.45) is 2.29. The van der Waals surface area contributed by atoms with Crippen molar-refractivity contribution in [2.75, 3.05) is 6.54 Å². The molecule has 4 heteroatoms. The van der Waals surface area contributed by atoms with Crippen LogP contribution in [0, 0.1) is 0 Å². The van der Waals surface area contributed by atoms with E-state index in [9.17, 15) is 0 Å². The summed E-state index contributed by atoms with van der Waals surface area (Å²) in [6.45, 7) is 8.03. The zero-order valence-electron chi connectivity index (χ0n) is 10.4. The van der Waals surface area contributed by atoms with Crippen LogP contribution in [0.1, 0.15) is 39.3 Å². The Morgan fingerprint density at radius 2 is 2.12 bits per heavy atom. The van der Waals surface area contributed by atoms with Crippen molar-refractivity contribution >= 4 is 0 Å². The van der Waals surface area contributed by atoms with Gasteiger partial charge >= 0.3 is 0 Å². The van der Waals surface area contributed by atoms with Crippen LogP contribution in [0.25, 0.3) is 0 Å². The number of ether oxygens (including phenoxy) is 1. The Balaban J connectivity index is 2.41. The van der Waals surface area contributed by atoms with Gasteiger partial charge in [0.1, 0.15) is 0 Å². The third-order valence-corrected chi connectivity index (χ3v) is 2.33. The van der Waals surface area contributed by atoms with Crippen LogP contribution in [-0.4, -0.2) is 22.8 Å². The summed E-state index contributed by atoms with van der Waals surface area (Å²) >= 11 is 0. The number of aromatic nitrogens is 2. The van der Waals surface area contributed by atoms with Crippen LogP contribution < -0.4 is 10.1 Å². The van der Waals surface area contributed by atoms with E-state index in [1.807, 2.05) is 19.1 Å². The van der Waals surface area contributed by atoms with Gasteiger partial charge in [0.25, 0.3) is 0 Å². The molecule has 4 nitrogen and oxygen atoms in total. The minimum atomic E-state index is 0.193. The fraction of sp³-hybridized carbons (Fsp3) is 0.667. The zero-order chi connectivity index (χ0) is 11.8.